The van der Waals surface area contributed by atoms with Gasteiger partial charge in [-0.2, -0.15) is 0 Å². The summed E-state index contributed by atoms with van der Waals surface area (Å²) in [4.78, 5) is 12.1. The summed E-state index contributed by atoms with van der Waals surface area (Å²) in [6, 6.07) is 16.1. The summed E-state index contributed by atoms with van der Waals surface area (Å²) in [5.41, 5.74) is 2.22. The van der Waals surface area contributed by atoms with Gasteiger partial charge in [0.15, 0.2) is 0 Å². The van der Waals surface area contributed by atoms with Gasteiger partial charge in [-0.3, -0.25) is 0 Å². The van der Waals surface area contributed by atoms with Crippen molar-refractivity contribution in [1.82, 2.24) is 0 Å². The molecular weight excluding hydrogens is 264 g/mol. The molecule has 108 valence electrons. The molecule has 0 fully saturated rings. The van der Waals surface area contributed by atoms with Crippen molar-refractivity contribution in [2.75, 3.05) is 6.61 Å². The van der Waals surface area contributed by atoms with Crippen LogP contribution in [-0.4, -0.2) is 18.2 Å². The second kappa shape index (κ2) is 5.24. The van der Waals surface area contributed by atoms with Crippen molar-refractivity contribution in [3.63, 3.8) is 0 Å². The first-order chi connectivity index (χ1) is 10.1. The quantitative estimate of drug-likeness (QED) is 0.807. The highest BCUT2D eigenvalue weighted by Crippen LogP contribution is 2.42. The summed E-state index contributed by atoms with van der Waals surface area (Å²) in [5, 5.41) is 0. The molecule has 1 aliphatic heterocycles. The van der Waals surface area contributed by atoms with Crippen LogP contribution in [-0.2, 0) is 16.0 Å². The summed E-state index contributed by atoms with van der Waals surface area (Å²) in [6.45, 7) is 3.96. The molecule has 0 unspecified atom stereocenters. The minimum atomic E-state index is -0.927. The van der Waals surface area contributed by atoms with E-state index in [-0.39, 0.29) is 5.97 Å². The predicted octanol–water partition coefficient (Wildman–Crippen LogP) is 3.61. The number of hydrogen-bond acceptors (Lipinski definition) is 3. The fraction of sp³-hybridized carbons (Fsp3) is 0.278. The molecule has 0 aliphatic carbocycles. The Morgan fingerprint density at radius 2 is 1.95 bits per heavy atom. The topological polar surface area (TPSA) is 35.5 Å². The lowest BCUT2D eigenvalue weighted by Gasteiger charge is -2.21. The maximum absolute atomic E-state index is 12.1. The summed E-state index contributed by atoms with van der Waals surface area (Å²) in [7, 11) is 0. The monoisotopic (exact) mass is 282 g/mol. The zero-order valence-electron chi connectivity index (χ0n) is 12.3. The molecule has 0 spiro atoms. The van der Waals surface area contributed by atoms with Crippen molar-refractivity contribution in [3.05, 3.63) is 54.1 Å². The maximum Gasteiger partial charge on any atom is 0.350 e. The summed E-state index contributed by atoms with van der Waals surface area (Å²) in [5.74, 6) is 0.486. The van der Waals surface area contributed by atoms with Gasteiger partial charge < -0.3 is 9.47 Å². The van der Waals surface area contributed by atoms with Crippen molar-refractivity contribution in [3.8, 4) is 16.9 Å². The lowest BCUT2D eigenvalue weighted by Crippen LogP contribution is -2.41. The Morgan fingerprint density at radius 1 is 1.19 bits per heavy atom. The van der Waals surface area contributed by atoms with Gasteiger partial charge in [-0.1, -0.05) is 48.5 Å². The molecule has 2 aromatic rings. The van der Waals surface area contributed by atoms with Crippen LogP contribution in [0.25, 0.3) is 11.1 Å². The number of fused-ring (bicyclic) bond motifs is 1. The van der Waals surface area contributed by atoms with Gasteiger partial charge in [-0.05, 0) is 25.0 Å². The van der Waals surface area contributed by atoms with E-state index in [1.807, 2.05) is 48.5 Å². The molecule has 0 saturated carbocycles. The van der Waals surface area contributed by atoms with E-state index in [4.69, 9.17) is 9.47 Å². The molecule has 1 atom stereocenters. The van der Waals surface area contributed by atoms with Gasteiger partial charge in [0.25, 0.3) is 0 Å². The van der Waals surface area contributed by atoms with Crippen molar-refractivity contribution in [2.45, 2.75) is 25.9 Å². The first-order valence-electron chi connectivity index (χ1n) is 7.17. The molecule has 3 nitrogen and oxygen atoms in total. The number of rotatable bonds is 3. The van der Waals surface area contributed by atoms with E-state index in [2.05, 4.69) is 0 Å². The van der Waals surface area contributed by atoms with Crippen molar-refractivity contribution >= 4 is 5.97 Å². The third-order valence-electron chi connectivity index (χ3n) is 3.74. The summed E-state index contributed by atoms with van der Waals surface area (Å²) >= 11 is 0. The third kappa shape index (κ3) is 2.40. The van der Waals surface area contributed by atoms with Crippen molar-refractivity contribution < 1.29 is 14.3 Å². The summed E-state index contributed by atoms with van der Waals surface area (Å²) in [6.07, 6.45) is 0.543. The van der Waals surface area contributed by atoms with Crippen LogP contribution in [0, 0.1) is 0 Å². The van der Waals surface area contributed by atoms with Crippen molar-refractivity contribution in [1.29, 1.82) is 0 Å². The minimum Gasteiger partial charge on any atom is -0.475 e. The standard InChI is InChI=1S/C18H18O3/c1-3-20-17(19)18(2)12-14-10-7-11-15(16(14)21-18)13-8-5-4-6-9-13/h4-11H,3,12H2,1-2H3/t18-/m0/s1. The van der Waals surface area contributed by atoms with Gasteiger partial charge in [0.1, 0.15) is 5.75 Å². The number of benzene rings is 2. The molecule has 0 aromatic heterocycles. The molecule has 3 heteroatoms. The number of ether oxygens (including phenoxy) is 2. The van der Waals surface area contributed by atoms with Gasteiger partial charge in [0.05, 0.1) is 6.61 Å². The maximum atomic E-state index is 12.1. The SMILES string of the molecule is CCOC(=O)[C@]1(C)Cc2cccc(-c3ccccc3)c2O1. The predicted molar refractivity (Wildman–Crippen MR) is 81.2 cm³/mol. The van der Waals surface area contributed by atoms with E-state index in [1.54, 1.807) is 13.8 Å². The zero-order chi connectivity index (χ0) is 14.9. The fourth-order valence-corrected chi connectivity index (χ4v) is 2.71. The Hall–Kier alpha value is -2.29. The van der Waals surface area contributed by atoms with E-state index in [9.17, 15) is 4.79 Å². The smallest absolute Gasteiger partial charge is 0.350 e. The van der Waals surface area contributed by atoms with Gasteiger partial charge in [0, 0.05) is 12.0 Å². The van der Waals surface area contributed by atoms with Crippen LogP contribution in [0.15, 0.2) is 48.5 Å². The van der Waals surface area contributed by atoms with Crippen LogP contribution in [0.3, 0.4) is 0 Å². The second-order valence-corrected chi connectivity index (χ2v) is 5.39. The number of carbonyl (C=O) groups is 1. The first kappa shape index (κ1) is 13.7. The van der Waals surface area contributed by atoms with E-state index in [0.717, 1.165) is 22.4 Å². The van der Waals surface area contributed by atoms with Crippen LogP contribution in [0.4, 0.5) is 0 Å². The average Bonchev–Trinajstić information content (AvgIpc) is 2.86. The largest absolute Gasteiger partial charge is 0.475 e. The van der Waals surface area contributed by atoms with E-state index >= 15 is 0 Å². The molecule has 0 N–H and O–H groups in total. The summed E-state index contributed by atoms with van der Waals surface area (Å²) < 4.78 is 11.2. The molecule has 2 aromatic carbocycles. The second-order valence-electron chi connectivity index (χ2n) is 5.39. The highest BCUT2D eigenvalue weighted by Gasteiger charge is 2.44. The number of esters is 1. The Bertz CT molecular complexity index is 663. The van der Waals surface area contributed by atoms with Crippen LogP contribution >= 0.6 is 0 Å². The minimum absolute atomic E-state index is 0.305. The van der Waals surface area contributed by atoms with E-state index in [1.165, 1.54) is 0 Å². The number of hydrogen-bond donors (Lipinski definition) is 0. The first-order valence-corrected chi connectivity index (χ1v) is 7.17. The Balaban J connectivity index is 1.99. The molecule has 3 rings (SSSR count). The highest BCUT2D eigenvalue weighted by molar-refractivity contribution is 5.83. The van der Waals surface area contributed by atoms with Crippen LogP contribution < -0.4 is 4.74 Å². The molecule has 0 saturated heterocycles. The van der Waals surface area contributed by atoms with Crippen LogP contribution in [0.5, 0.6) is 5.75 Å². The highest BCUT2D eigenvalue weighted by atomic mass is 16.6. The Morgan fingerprint density at radius 3 is 2.67 bits per heavy atom. The Kier molecular flexibility index (Phi) is 3.42. The molecule has 1 aliphatic rings. The van der Waals surface area contributed by atoms with Crippen LogP contribution in [0.2, 0.25) is 0 Å². The third-order valence-corrected chi connectivity index (χ3v) is 3.74. The zero-order valence-corrected chi connectivity index (χ0v) is 12.3. The molecule has 1 heterocycles. The lowest BCUT2D eigenvalue weighted by atomic mass is 9.97. The Labute approximate surface area is 124 Å². The molecular formula is C18H18O3. The van der Waals surface area contributed by atoms with Gasteiger partial charge in [0.2, 0.25) is 5.60 Å². The molecule has 0 radical (unpaired) electrons. The lowest BCUT2D eigenvalue weighted by molar-refractivity contribution is -0.158. The normalized spacial score (nSPS) is 19.7. The van der Waals surface area contributed by atoms with E-state index in [0.29, 0.717) is 13.0 Å². The molecule has 0 bridgehead atoms. The van der Waals surface area contributed by atoms with Gasteiger partial charge in [-0.15, -0.1) is 0 Å². The average molecular weight is 282 g/mol. The van der Waals surface area contributed by atoms with Gasteiger partial charge >= 0.3 is 5.97 Å². The van der Waals surface area contributed by atoms with Gasteiger partial charge in [-0.25, -0.2) is 4.79 Å². The van der Waals surface area contributed by atoms with Crippen molar-refractivity contribution in [2.24, 2.45) is 0 Å². The van der Waals surface area contributed by atoms with Crippen LogP contribution in [0.1, 0.15) is 19.4 Å². The number of carbonyl (C=O) groups excluding carboxylic acids is 1. The van der Waals surface area contributed by atoms with E-state index < -0.39 is 5.60 Å². The molecule has 0 amide bonds. The number of para-hydroxylation sites is 1. The molecule has 21 heavy (non-hydrogen) atoms. The fourth-order valence-electron chi connectivity index (χ4n) is 2.71.